The lowest BCUT2D eigenvalue weighted by Gasteiger charge is -2.08. The van der Waals surface area contributed by atoms with Crippen LogP contribution >= 0.6 is 0 Å². The van der Waals surface area contributed by atoms with E-state index in [9.17, 15) is 4.79 Å². The summed E-state index contributed by atoms with van der Waals surface area (Å²) < 4.78 is 1.77. The first kappa shape index (κ1) is 9.77. The quantitative estimate of drug-likeness (QED) is 0.808. The number of fused-ring (bicyclic) bond motifs is 1. The molecule has 0 unspecified atom stereocenters. The molecule has 15 heavy (non-hydrogen) atoms. The van der Waals surface area contributed by atoms with Crippen molar-refractivity contribution in [3.63, 3.8) is 0 Å². The van der Waals surface area contributed by atoms with Gasteiger partial charge in [0.2, 0.25) is 0 Å². The van der Waals surface area contributed by atoms with Crippen molar-refractivity contribution in [3.05, 3.63) is 40.7 Å². The molecule has 0 saturated carbocycles. The van der Waals surface area contributed by atoms with E-state index in [1.807, 2.05) is 38.2 Å². The predicted octanol–water partition coefficient (Wildman–Crippen LogP) is 2.06. The van der Waals surface area contributed by atoms with Crippen molar-refractivity contribution in [1.82, 2.24) is 4.57 Å². The zero-order valence-electron chi connectivity index (χ0n) is 8.95. The minimum absolute atomic E-state index is 0.0576. The highest BCUT2D eigenvalue weighted by molar-refractivity contribution is 5.82. The van der Waals surface area contributed by atoms with Crippen LogP contribution < -0.4 is 10.9 Å². The molecule has 0 aliphatic carbocycles. The van der Waals surface area contributed by atoms with E-state index in [0.29, 0.717) is 6.54 Å². The summed E-state index contributed by atoms with van der Waals surface area (Å²) in [5.41, 5.74) is 2.11. The lowest BCUT2D eigenvalue weighted by molar-refractivity contribution is 0.760. The van der Waals surface area contributed by atoms with Crippen molar-refractivity contribution in [2.45, 2.75) is 13.5 Å². The van der Waals surface area contributed by atoms with E-state index >= 15 is 0 Å². The van der Waals surface area contributed by atoms with Gasteiger partial charge in [-0.2, -0.15) is 0 Å². The van der Waals surface area contributed by atoms with Crippen LogP contribution in [0.4, 0.5) is 5.69 Å². The van der Waals surface area contributed by atoms with E-state index in [2.05, 4.69) is 5.32 Å². The number of aromatic nitrogens is 1. The summed E-state index contributed by atoms with van der Waals surface area (Å²) in [7, 11) is 1.89. The summed E-state index contributed by atoms with van der Waals surface area (Å²) in [4.78, 5) is 11.6. The fourth-order valence-corrected chi connectivity index (χ4v) is 1.79. The summed E-state index contributed by atoms with van der Waals surface area (Å²) >= 11 is 0. The van der Waals surface area contributed by atoms with Crippen LogP contribution in [0.2, 0.25) is 0 Å². The Balaban J connectivity index is 2.78. The van der Waals surface area contributed by atoms with Crippen molar-refractivity contribution in [3.8, 4) is 0 Å². The molecule has 0 radical (unpaired) electrons. The van der Waals surface area contributed by atoms with Crippen LogP contribution in [0.15, 0.2) is 35.1 Å². The van der Waals surface area contributed by atoms with Crippen molar-refractivity contribution < 1.29 is 0 Å². The number of pyridine rings is 1. The number of benzene rings is 1. The lowest BCUT2D eigenvalue weighted by Crippen LogP contribution is -2.17. The van der Waals surface area contributed by atoms with Crippen molar-refractivity contribution in [2.75, 3.05) is 12.4 Å². The largest absolute Gasteiger partial charge is 0.388 e. The van der Waals surface area contributed by atoms with Gasteiger partial charge < -0.3 is 9.88 Å². The van der Waals surface area contributed by atoms with Gasteiger partial charge in [0.15, 0.2) is 0 Å². The highest BCUT2D eigenvalue weighted by Crippen LogP contribution is 2.17. The van der Waals surface area contributed by atoms with Gasteiger partial charge in [-0.05, 0) is 31.2 Å². The maximum absolute atomic E-state index is 11.6. The molecule has 78 valence electrons. The number of aryl methyl sites for hydroxylation is 1. The molecule has 1 heterocycles. The normalized spacial score (nSPS) is 10.5. The van der Waals surface area contributed by atoms with Gasteiger partial charge in [0.25, 0.3) is 5.56 Å². The highest BCUT2D eigenvalue weighted by Gasteiger charge is 2.01. The van der Waals surface area contributed by atoms with E-state index in [4.69, 9.17) is 0 Å². The fourth-order valence-electron chi connectivity index (χ4n) is 1.79. The number of anilines is 1. The van der Waals surface area contributed by atoms with Crippen LogP contribution in [-0.2, 0) is 6.54 Å². The van der Waals surface area contributed by atoms with Gasteiger partial charge in [-0.25, -0.2) is 0 Å². The molecule has 3 nitrogen and oxygen atoms in total. The number of nitrogens with one attached hydrogen (secondary N) is 1. The Morgan fingerprint density at radius 1 is 1.27 bits per heavy atom. The Morgan fingerprint density at radius 3 is 2.73 bits per heavy atom. The Bertz CT molecular complexity index is 543. The van der Waals surface area contributed by atoms with E-state index in [1.54, 1.807) is 10.6 Å². The maximum Gasteiger partial charge on any atom is 0.250 e. The summed E-state index contributed by atoms with van der Waals surface area (Å²) in [5, 5.41) is 4.17. The van der Waals surface area contributed by atoms with Crippen molar-refractivity contribution in [2.24, 2.45) is 0 Å². The molecule has 2 rings (SSSR count). The lowest BCUT2D eigenvalue weighted by atomic mass is 10.2. The molecule has 0 spiro atoms. The molecule has 0 aliphatic heterocycles. The SMILES string of the molecule is CCn1c(=O)ccc2cc(NC)ccc21. The minimum atomic E-state index is 0.0576. The summed E-state index contributed by atoms with van der Waals surface area (Å²) in [6.07, 6.45) is 0. The van der Waals surface area contributed by atoms with Crippen molar-refractivity contribution in [1.29, 1.82) is 0 Å². The van der Waals surface area contributed by atoms with Crippen LogP contribution in [0.3, 0.4) is 0 Å². The predicted molar refractivity (Wildman–Crippen MR) is 63.4 cm³/mol. The average molecular weight is 202 g/mol. The average Bonchev–Trinajstić information content (AvgIpc) is 2.28. The molecule has 0 amide bonds. The molecule has 0 bridgehead atoms. The molecule has 1 aromatic carbocycles. The zero-order valence-corrected chi connectivity index (χ0v) is 8.95. The second-order valence-electron chi connectivity index (χ2n) is 3.44. The Kier molecular flexibility index (Phi) is 2.46. The van der Waals surface area contributed by atoms with E-state index in [0.717, 1.165) is 16.6 Å². The summed E-state index contributed by atoms with van der Waals surface area (Å²) in [5.74, 6) is 0. The Hall–Kier alpha value is -1.77. The van der Waals surface area contributed by atoms with E-state index in [1.165, 1.54) is 0 Å². The van der Waals surface area contributed by atoms with Gasteiger partial charge in [0, 0.05) is 30.7 Å². The fraction of sp³-hybridized carbons (Fsp3) is 0.250. The third kappa shape index (κ3) is 1.61. The van der Waals surface area contributed by atoms with Crippen LogP contribution in [0, 0.1) is 0 Å². The van der Waals surface area contributed by atoms with Crippen LogP contribution in [0.1, 0.15) is 6.92 Å². The molecule has 1 aromatic heterocycles. The summed E-state index contributed by atoms with van der Waals surface area (Å²) in [6.45, 7) is 2.68. The first-order chi connectivity index (χ1) is 7.26. The van der Waals surface area contributed by atoms with Crippen LogP contribution in [-0.4, -0.2) is 11.6 Å². The number of hydrogen-bond acceptors (Lipinski definition) is 2. The molecular formula is C12H14N2O. The van der Waals surface area contributed by atoms with Gasteiger partial charge in [-0.1, -0.05) is 0 Å². The molecule has 3 heteroatoms. The van der Waals surface area contributed by atoms with Crippen LogP contribution in [0.5, 0.6) is 0 Å². The first-order valence-corrected chi connectivity index (χ1v) is 5.07. The Morgan fingerprint density at radius 2 is 2.07 bits per heavy atom. The number of rotatable bonds is 2. The zero-order chi connectivity index (χ0) is 10.8. The molecular weight excluding hydrogens is 188 g/mol. The monoisotopic (exact) mass is 202 g/mol. The molecule has 0 aliphatic rings. The molecule has 0 fully saturated rings. The van der Waals surface area contributed by atoms with Gasteiger partial charge in [0.1, 0.15) is 0 Å². The van der Waals surface area contributed by atoms with E-state index < -0.39 is 0 Å². The third-order valence-corrected chi connectivity index (χ3v) is 2.59. The highest BCUT2D eigenvalue weighted by atomic mass is 16.1. The first-order valence-electron chi connectivity index (χ1n) is 5.07. The second-order valence-corrected chi connectivity index (χ2v) is 3.44. The summed E-state index contributed by atoms with van der Waals surface area (Å²) in [6, 6.07) is 9.48. The minimum Gasteiger partial charge on any atom is -0.388 e. The third-order valence-electron chi connectivity index (χ3n) is 2.59. The van der Waals surface area contributed by atoms with Gasteiger partial charge in [-0.15, -0.1) is 0 Å². The number of hydrogen-bond donors (Lipinski definition) is 1. The van der Waals surface area contributed by atoms with Gasteiger partial charge in [-0.3, -0.25) is 4.79 Å². The van der Waals surface area contributed by atoms with Crippen LogP contribution in [0.25, 0.3) is 10.9 Å². The smallest absolute Gasteiger partial charge is 0.250 e. The van der Waals surface area contributed by atoms with E-state index in [-0.39, 0.29) is 5.56 Å². The number of nitrogens with zero attached hydrogens (tertiary/aromatic N) is 1. The molecule has 1 N–H and O–H groups in total. The molecule has 0 saturated heterocycles. The molecule has 2 aromatic rings. The topological polar surface area (TPSA) is 34.0 Å². The standard InChI is InChI=1S/C12H14N2O/c1-3-14-11-6-5-10(13-2)8-9(11)4-7-12(14)15/h4-8,13H,3H2,1-2H3. The van der Waals surface area contributed by atoms with Gasteiger partial charge >= 0.3 is 0 Å². The Labute approximate surface area is 88.3 Å². The van der Waals surface area contributed by atoms with Crippen molar-refractivity contribution >= 4 is 16.6 Å². The second kappa shape index (κ2) is 3.77. The van der Waals surface area contributed by atoms with Gasteiger partial charge in [0.05, 0.1) is 5.52 Å². The molecule has 0 atom stereocenters. The maximum atomic E-state index is 11.6.